The third-order valence-electron chi connectivity index (χ3n) is 14.8. The van der Waals surface area contributed by atoms with Gasteiger partial charge in [0.1, 0.15) is 19.3 Å². The molecular weight excluding hydrogens is 1090 g/mol. The topological polar surface area (TPSA) is 237 Å². The fourth-order valence-corrected chi connectivity index (χ4v) is 10.9. The Morgan fingerprint density at radius 2 is 0.622 bits per heavy atom. The van der Waals surface area contributed by atoms with Gasteiger partial charge in [-0.25, -0.2) is 9.13 Å². The molecule has 19 heteroatoms. The summed E-state index contributed by atoms with van der Waals surface area (Å²) in [6.45, 7) is 9.43. The summed E-state index contributed by atoms with van der Waals surface area (Å²) in [4.78, 5) is 72.1. The lowest BCUT2D eigenvalue weighted by molar-refractivity contribution is -0.161. The molecule has 17 nitrogen and oxygen atoms in total. The first-order chi connectivity index (χ1) is 39.4. The predicted molar refractivity (Wildman–Crippen MR) is 326 cm³/mol. The Labute approximate surface area is 498 Å². The molecular formula is C63H122O17P2. The molecule has 0 fully saturated rings. The van der Waals surface area contributed by atoms with E-state index in [1.807, 2.05) is 0 Å². The molecule has 3 N–H and O–H groups in total. The normalized spacial score (nSPS) is 14.7. The second-order valence-corrected chi connectivity index (χ2v) is 26.4. The third-order valence-corrected chi connectivity index (χ3v) is 16.7. The van der Waals surface area contributed by atoms with Crippen LogP contribution in [0.15, 0.2) is 0 Å². The van der Waals surface area contributed by atoms with Crippen molar-refractivity contribution in [1.82, 2.24) is 0 Å². The molecule has 0 aliphatic rings. The number of phosphoric ester groups is 2. The van der Waals surface area contributed by atoms with Gasteiger partial charge in [-0.1, -0.05) is 260 Å². The molecule has 6 atom stereocenters. The van der Waals surface area contributed by atoms with Gasteiger partial charge in [0.05, 0.1) is 26.4 Å². The van der Waals surface area contributed by atoms with E-state index in [4.69, 9.17) is 37.0 Å². The van der Waals surface area contributed by atoms with Gasteiger partial charge in [0.25, 0.3) is 0 Å². The number of aliphatic hydroxyl groups is 1. The molecule has 0 bridgehead atoms. The standard InChI is InChI=1S/C63H122O17P2/c1-7-10-12-14-16-18-21-29-35-41-47-62(67)79-58(51-73-60(65)45-39-33-27-17-15-13-11-8-2)53-77-81(69,70)75-49-57(64)50-76-82(71,72)78-54-59(80-63(68)48-42-36-30-22-19-20-25-31-37-43-55(4)5)52-74-61(66)46-40-34-28-24-23-26-32-38-44-56(6)9-3/h55-59,64H,7-54H2,1-6H3,(H,69,70)(H,71,72)/t56?,57-,58+,59+/m0/s1. The number of aliphatic hydroxyl groups excluding tert-OH is 1. The smallest absolute Gasteiger partial charge is 0.462 e. The molecule has 0 spiro atoms. The van der Waals surface area contributed by atoms with Gasteiger partial charge in [0.15, 0.2) is 12.2 Å². The van der Waals surface area contributed by atoms with Crippen LogP contribution in [0.5, 0.6) is 0 Å². The van der Waals surface area contributed by atoms with Gasteiger partial charge in [-0.05, 0) is 37.5 Å². The number of hydrogen-bond acceptors (Lipinski definition) is 15. The number of rotatable bonds is 62. The summed E-state index contributed by atoms with van der Waals surface area (Å²) >= 11 is 0. The second kappa shape index (κ2) is 55.6. The summed E-state index contributed by atoms with van der Waals surface area (Å²) in [6.07, 6.45) is 37.5. The Morgan fingerprint density at radius 1 is 0.354 bits per heavy atom. The molecule has 0 aliphatic carbocycles. The first-order valence-electron chi connectivity index (χ1n) is 33.0. The van der Waals surface area contributed by atoms with Crippen molar-refractivity contribution in [2.24, 2.45) is 11.8 Å². The van der Waals surface area contributed by atoms with Gasteiger partial charge in [-0.15, -0.1) is 0 Å². The van der Waals surface area contributed by atoms with E-state index in [2.05, 4.69) is 41.5 Å². The Balaban J connectivity index is 5.24. The van der Waals surface area contributed by atoms with Crippen molar-refractivity contribution in [3.63, 3.8) is 0 Å². The van der Waals surface area contributed by atoms with Gasteiger partial charge in [-0.2, -0.15) is 0 Å². The van der Waals surface area contributed by atoms with Crippen molar-refractivity contribution in [3.05, 3.63) is 0 Å². The SMILES string of the molecule is CCCCCCCCCCCCC(=O)O[C@H](COC(=O)CCCCCCCCCC)COP(=O)(O)OC[C@H](O)COP(=O)(O)OC[C@@H](COC(=O)CCCCCCCCCCC(C)CC)OC(=O)CCCCCCCCCCCC(C)C. The molecule has 0 heterocycles. The van der Waals surface area contributed by atoms with Crippen LogP contribution >= 0.6 is 15.6 Å². The van der Waals surface area contributed by atoms with E-state index < -0.39 is 97.5 Å². The summed E-state index contributed by atoms with van der Waals surface area (Å²) in [5.41, 5.74) is 0. The molecule has 0 saturated heterocycles. The molecule has 486 valence electrons. The average Bonchev–Trinajstić information content (AvgIpc) is 3.46. The lowest BCUT2D eigenvalue weighted by Crippen LogP contribution is -2.30. The number of carbonyl (C=O) groups excluding carboxylic acids is 4. The van der Waals surface area contributed by atoms with E-state index >= 15 is 0 Å². The van der Waals surface area contributed by atoms with Crippen LogP contribution in [0.25, 0.3) is 0 Å². The summed E-state index contributed by atoms with van der Waals surface area (Å²) in [5.74, 6) is -0.624. The summed E-state index contributed by atoms with van der Waals surface area (Å²) in [6, 6.07) is 0. The summed E-state index contributed by atoms with van der Waals surface area (Å²) < 4.78 is 67.9. The van der Waals surface area contributed by atoms with Crippen LogP contribution in [0, 0.1) is 11.8 Å². The van der Waals surface area contributed by atoms with E-state index in [0.29, 0.717) is 25.7 Å². The quantitative estimate of drug-likeness (QED) is 0.0222. The minimum Gasteiger partial charge on any atom is -0.462 e. The highest BCUT2D eigenvalue weighted by Gasteiger charge is 2.30. The number of ether oxygens (including phenoxy) is 4. The van der Waals surface area contributed by atoms with Gasteiger partial charge >= 0.3 is 39.5 Å². The molecule has 0 aliphatic heterocycles. The van der Waals surface area contributed by atoms with Crippen LogP contribution in [0.4, 0.5) is 0 Å². The van der Waals surface area contributed by atoms with Crippen molar-refractivity contribution in [2.75, 3.05) is 39.6 Å². The highest BCUT2D eigenvalue weighted by molar-refractivity contribution is 7.47. The number of unbranched alkanes of at least 4 members (excludes halogenated alkanes) is 31. The van der Waals surface area contributed by atoms with E-state index in [9.17, 15) is 43.2 Å². The van der Waals surface area contributed by atoms with Crippen molar-refractivity contribution in [3.8, 4) is 0 Å². The molecule has 0 rings (SSSR count). The molecule has 82 heavy (non-hydrogen) atoms. The number of carbonyl (C=O) groups is 4. The van der Waals surface area contributed by atoms with Gasteiger partial charge < -0.3 is 33.8 Å². The van der Waals surface area contributed by atoms with E-state index in [1.54, 1.807) is 0 Å². The molecule has 0 aromatic carbocycles. The zero-order valence-corrected chi connectivity index (χ0v) is 54.6. The molecule has 0 amide bonds. The van der Waals surface area contributed by atoms with Gasteiger partial charge in [0.2, 0.25) is 0 Å². The first-order valence-corrected chi connectivity index (χ1v) is 36.0. The van der Waals surface area contributed by atoms with Crippen LogP contribution in [0.2, 0.25) is 0 Å². The van der Waals surface area contributed by atoms with Crippen LogP contribution < -0.4 is 0 Å². The van der Waals surface area contributed by atoms with Crippen LogP contribution in [-0.2, 0) is 65.4 Å². The maximum atomic E-state index is 13.0. The minimum absolute atomic E-state index is 0.105. The van der Waals surface area contributed by atoms with Gasteiger partial charge in [-0.3, -0.25) is 37.3 Å². The van der Waals surface area contributed by atoms with Crippen molar-refractivity contribution in [1.29, 1.82) is 0 Å². The molecule has 0 aromatic heterocycles. The van der Waals surface area contributed by atoms with E-state index in [-0.39, 0.29) is 25.7 Å². The van der Waals surface area contributed by atoms with Crippen LogP contribution in [0.1, 0.15) is 311 Å². The fraction of sp³-hybridized carbons (Fsp3) is 0.937. The maximum Gasteiger partial charge on any atom is 0.472 e. The Bertz CT molecular complexity index is 1620. The van der Waals surface area contributed by atoms with Crippen molar-refractivity contribution >= 4 is 39.5 Å². The minimum atomic E-state index is -4.94. The fourth-order valence-electron chi connectivity index (χ4n) is 9.32. The maximum absolute atomic E-state index is 13.0. The zero-order valence-electron chi connectivity index (χ0n) is 52.8. The second-order valence-electron chi connectivity index (χ2n) is 23.5. The Morgan fingerprint density at radius 3 is 0.927 bits per heavy atom. The van der Waals surface area contributed by atoms with Crippen molar-refractivity contribution in [2.45, 2.75) is 330 Å². The van der Waals surface area contributed by atoms with Crippen LogP contribution in [0.3, 0.4) is 0 Å². The largest absolute Gasteiger partial charge is 0.472 e. The molecule has 0 aromatic rings. The number of esters is 4. The lowest BCUT2D eigenvalue weighted by atomic mass is 9.99. The number of phosphoric acid groups is 2. The number of hydrogen-bond donors (Lipinski definition) is 3. The Kier molecular flexibility index (Phi) is 54.3. The predicted octanol–water partition coefficient (Wildman–Crippen LogP) is 17.3. The Hall–Kier alpha value is -1.94. The van der Waals surface area contributed by atoms with Gasteiger partial charge in [0, 0.05) is 25.7 Å². The van der Waals surface area contributed by atoms with E-state index in [1.165, 1.54) is 122 Å². The molecule has 0 radical (unpaired) electrons. The molecule has 3 unspecified atom stereocenters. The van der Waals surface area contributed by atoms with Crippen LogP contribution in [-0.4, -0.2) is 96.7 Å². The molecule has 0 saturated carbocycles. The third kappa shape index (κ3) is 55.9. The summed E-state index contributed by atoms with van der Waals surface area (Å²) in [5, 5.41) is 10.5. The van der Waals surface area contributed by atoms with E-state index in [0.717, 1.165) is 108 Å². The zero-order chi connectivity index (χ0) is 60.8. The average molecular weight is 1210 g/mol. The highest BCUT2D eigenvalue weighted by Crippen LogP contribution is 2.45. The highest BCUT2D eigenvalue weighted by atomic mass is 31.2. The lowest BCUT2D eigenvalue weighted by Gasteiger charge is -2.21. The van der Waals surface area contributed by atoms with Crippen molar-refractivity contribution < 1.29 is 80.2 Å². The monoisotopic (exact) mass is 1210 g/mol. The first kappa shape index (κ1) is 80.1. The summed E-state index contributed by atoms with van der Waals surface area (Å²) in [7, 11) is -9.88.